The van der Waals surface area contributed by atoms with Crippen molar-refractivity contribution in [3.63, 3.8) is 0 Å². The Labute approximate surface area is 117 Å². The standard InChI is InChI=1S/C13H18F2N2O2S/c1-8(2)10-4-3-7-17(10)20(18,19)11-6-5-9(14)13(16)12(11)15/h5-6,8,10H,3-4,7,16H2,1-2H3. The minimum atomic E-state index is -3.99. The van der Waals surface area contributed by atoms with Crippen LogP contribution in [0.2, 0.25) is 0 Å². The number of hydrogen-bond acceptors (Lipinski definition) is 3. The van der Waals surface area contributed by atoms with Crippen LogP contribution in [0.5, 0.6) is 0 Å². The molecule has 0 saturated carbocycles. The van der Waals surface area contributed by atoms with Gasteiger partial charge in [-0.3, -0.25) is 0 Å². The van der Waals surface area contributed by atoms with Gasteiger partial charge in [0.25, 0.3) is 0 Å². The Morgan fingerprint density at radius 3 is 2.60 bits per heavy atom. The van der Waals surface area contributed by atoms with Crippen LogP contribution in [0.3, 0.4) is 0 Å². The van der Waals surface area contributed by atoms with Gasteiger partial charge in [-0.2, -0.15) is 4.31 Å². The van der Waals surface area contributed by atoms with Gasteiger partial charge in [0, 0.05) is 12.6 Å². The van der Waals surface area contributed by atoms with Gasteiger partial charge in [-0.05, 0) is 30.9 Å². The van der Waals surface area contributed by atoms with Gasteiger partial charge in [0.2, 0.25) is 10.0 Å². The molecule has 1 heterocycles. The van der Waals surface area contributed by atoms with Crippen LogP contribution in [0.1, 0.15) is 26.7 Å². The fourth-order valence-electron chi connectivity index (χ4n) is 2.61. The fraction of sp³-hybridized carbons (Fsp3) is 0.538. The zero-order chi connectivity index (χ0) is 15.1. The second-order valence-electron chi connectivity index (χ2n) is 5.34. The second kappa shape index (κ2) is 5.29. The third-order valence-corrected chi connectivity index (χ3v) is 5.64. The van der Waals surface area contributed by atoms with Crippen molar-refractivity contribution >= 4 is 15.7 Å². The summed E-state index contributed by atoms with van der Waals surface area (Å²) < 4.78 is 53.5. The zero-order valence-electron chi connectivity index (χ0n) is 11.4. The molecular weight excluding hydrogens is 286 g/mol. The first-order valence-corrected chi connectivity index (χ1v) is 7.96. The Kier molecular flexibility index (Phi) is 4.02. The summed E-state index contributed by atoms with van der Waals surface area (Å²) in [6.07, 6.45) is 1.48. The fourth-order valence-corrected chi connectivity index (χ4v) is 4.51. The molecule has 0 bridgehead atoms. The Hall–Kier alpha value is -1.21. The van der Waals surface area contributed by atoms with E-state index in [1.54, 1.807) is 0 Å². The molecule has 20 heavy (non-hydrogen) atoms. The van der Waals surface area contributed by atoms with Gasteiger partial charge in [0.05, 0.1) is 0 Å². The maximum atomic E-state index is 14.0. The Balaban J connectivity index is 2.48. The lowest BCUT2D eigenvalue weighted by Gasteiger charge is -2.27. The predicted molar refractivity (Wildman–Crippen MR) is 72.5 cm³/mol. The Morgan fingerprint density at radius 1 is 1.35 bits per heavy atom. The van der Waals surface area contributed by atoms with E-state index in [1.165, 1.54) is 4.31 Å². The van der Waals surface area contributed by atoms with Gasteiger partial charge in [0.1, 0.15) is 16.4 Å². The first-order valence-electron chi connectivity index (χ1n) is 6.52. The summed E-state index contributed by atoms with van der Waals surface area (Å²) in [5.74, 6) is -2.03. The molecule has 0 aromatic heterocycles. The van der Waals surface area contributed by atoms with Gasteiger partial charge >= 0.3 is 0 Å². The van der Waals surface area contributed by atoms with Crippen molar-refractivity contribution in [1.29, 1.82) is 0 Å². The summed E-state index contributed by atoms with van der Waals surface area (Å²) in [5.41, 5.74) is 4.48. The highest BCUT2D eigenvalue weighted by Gasteiger charge is 2.38. The minimum Gasteiger partial charge on any atom is -0.394 e. The molecule has 112 valence electrons. The summed E-state index contributed by atoms with van der Waals surface area (Å²) in [6, 6.07) is 1.66. The van der Waals surface area contributed by atoms with Crippen LogP contribution in [0, 0.1) is 17.6 Å². The average molecular weight is 304 g/mol. The monoisotopic (exact) mass is 304 g/mol. The van der Waals surface area contributed by atoms with E-state index in [-0.39, 0.29) is 12.0 Å². The highest BCUT2D eigenvalue weighted by Crippen LogP contribution is 2.32. The van der Waals surface area contributed by atoms with E-state index >= 15 is 0 Å². The molecule has 0 spiro atoms. The van der Waals surface area contributed by atoms with E-state index in [1.807, 2.05) is 13.8 Å². The van der Waals surface area contributed by atoms with Crippen molar-refractivity contribution < 1.29 is 17.2 Å². The molecule has 1 unspecified atom stereocenters. The third kappa shape index (κ3) is 2.40. The number of rotatable bonds is 3. The van der Waals surface area contributed by atoms with Crippen LogP contribution in [-0.4, -0.2) is 25.3 Å². The topological polar surface area (TPSA) is 63.4 Å². The van der Waals surface area contributed by atoms with Gasteiger partial charge in [-0.25, -0.2) is 17.2 Å². The van der Waals surface area contributed by atoms with Gasteiger partial charge in [-0.1, -0.05) is 13.8 Å². The van der Waals surface area contributed by atoms with Crippen LogP contribution >= 0.6 is 0 Å². The van der Waals surface area contributed by atoms with Crippen LogP contribution in [0.15, 0.2) is 17.0 Å². The van der Waals surface area contributed by atoms with E-state index in [9.17, 15) is 17.2 Å². The van der Waals surface area contributed by atoms with E-state index in [0.717, 1.165) is 25.0 Å². The van der Waals surface area contributed by atoms with E-state index in [4.69, 9.17) is 5.73 Å². The number of benzene rings is 1. The number of halogens is 2. The summed E-state index contributed by atoms with van der Waals surface area (Å²) in [5, 5.41) is 0. The first kappa shape index (κ1) is 15.2. The van der Waals surface area contributed by atoms with Gasteiger partial charge in [0.15, 0.2) is 5.82 Å². The Bertz CT molecular complexity index is 617. The van der Waals surface area contributed by atoms with Crippen molar-refractivity contribution in [1.82, 2.24) is 4.31 Å². The predicted octanol–water partition coefficient (Wildman–Crippen LogP) is 2.36. The number of anilines is 1. The molecule has 1 saturated heterocycles. The van der Waals surface area contributed by atoms with Crippen molar-refractivity contribution in [2.75, 3.05) is 12.3 Å². The molecule has 1 aliphatic heterocycles. The van der Waals surface area contributed by atoms with Gasteiger partial charge in [-0.15, -0.1) is 0 Å². The number of hydrogen-bond donors (Lipinski definition) is 1. The normalized spacial score (nSPS) is 20.8. The van der Waals surface area contributed by atoms with Crippen molar-refractivity contribution in [3.8, 4) is 0 Å². The molecule has 1 aromatic carbocycles. The maximum Gasteiger partial charge on any atom is 0.246 e. The molecule has 1 fully saturated rings. The quantitative estimate of drug-likeness (QED) is 0.872. The SMILES string of the molecule is CC(C)C1CCCN1S(=O)(=O)c1ccc(F)c(N)c1F. The number of nitrogen functional groups attached to an aromatic ring is 1. The van der Waals surface area contributed by atoms with E-state index in [0.29, 0.717) is 6.54 Å². The molecule has 2 N–H and O–H groups in total. The third-order valence-electron chi connectivity index (χ3n) is 3.70. The summed E-state index contributed by atoms with van der Waals surface area (Å²) in [7, 11) is -3.99. The molecule has 0 radical (unpaired) electrons. The molecule has 7 heteroatoms. The minimum absolute atomic E-state index is 0.133. The number of nitrogens with two attached hydrogens (primary N) is 1. The van der Waals surface area contributed by atoms with Crippen molar-refractivity contribution in [2.24, 2.45) is 5.92 Å². The molecule has 4 nitrogen and oxygen atoms in total. The van der Waals surface area contributed by atoms with Gasteiger partial charge < -0.3 is 5.73 Å². The molecule has 0 aliphatic carbocycles. The highest BCUT2D eigenvalue weighted by molar-refractivity contribution is 7.89. The van der Waals surface area contributed by atoms with Crippen LogP contribution in [-0.2, 0) is 10.0 Å². The molecule has 0 amide bonds. The van der Waals surface area contributed by atoms with Crippen LogP contribution < -0.4 is 5.73 Å². The zero-order valence-corrected chi connectivity index (χ0v) is 12.3. The molecule has 2 rings (SSSR count). The van der Waals surface area contributed by atoms with Crippen LogP contribution in [0.4, 0.5) is 14.5 Å². The van der Waals surface area contributed by atoms with Crippen molar-refractivity contribution in [2.45, 2.75) is 37.6 Å². The second-order valence-corrected chi connectivity index (χ2v) is 7.20. The summed E-state index contributed by atoms with van der Waals surface area (Å²) >= 11 is 0. The lowest BCUT2D eigenvalue weighted by atomic mass is 10.0. The van der Waals surface area contributed by atoms with E-state index in [2.05, 4.69) is 0 Å². The molecule has 1 aromatic rings. The number of sulfonamides is 1. The summed E-state index contributed by atoms with van der Waals surface area (Å²) in [6.45, 7) is 4.20. The van der Waals surface area contributed by atoms with Crippen LogP contribution in [0.25, 0.3) is 0 Å². The first-order chi connectivity index (χ1) is 9.26. The number of nitrogens with zero attached hydrogens (tertiary/aromatic N) is 1. The van der Waals surface area contributed by atoms with E-state index < -0.39 is 32.2 Å². The highest BCUT2D eigenvalue weighted by atomic mass is 32.2. The summed E-state index contributed by atoms with van der Waals surface area (Å²) in [4.78, 5) is -0.552. The maximum absolute atomic E-state index is 14.0. The molecule has 1 atom stereocenters. The van der Waals surface area contributed by atoms with Crippen molar-refractivity contribution in [3.05, 3.63) is 23.8 Å². The smallest absolute Gasteiger partial charge is 0.246 e. The largest absolute Gasteiger partial charge is 0.394 e. The average Bonchev–Trinajstić information content (AvgIpc) is 2.85. The lowest BCUT2D eigenvalue weighted by Crippen LogP contribution is -2.38. The molecular formula is C13H18F2N2O2S. The Morgan fingerprint density at radius 2 is 2.00 bits per heavy atom. The lowest BCUT2D eigenvalue weighted by molar-refractivity contribution is 0.314. The molecule has 1 aliphatic rings.